The number of fused-ring (bicyclic) bond motifs is 1. The first-order valence-electron chi connectivity index (χ1n) is 8.71. The van der Waals surface area contributed by atoms with Crippen molar-refractivity contribution in [1.29, 1.82) is 0 Å². The number of rotatable bonds is 5. The van der Waals surface area contributed by atoms with Gasteiger partial charge in [-0.05, 0) is 35.5 Å². The third-order valence-electron chi connectivity index (χ3n) is 4.73. The summed E-state index contributed by atoms with van der Waals surface area (Å²) in [5.41, 5.74) is 2.54. The minimum Gasteiger partial charge on any atom is -0.497 e. The Morgan fingerprint density at radius 1 is 1.11 bits per heavy atom. The molecule has 4 rings (SSSR count). The maximum Gasteiger partial charge on any atom is 0.248 e. The molecule has 0 saturated heterocycles. The molecule has 0 saturated carbocycles. The van der Waals surface area contributed by atoms with Gasteiger partial charge >= 0.3 is 0 Å². The van der Waals surface area contributed by atoms with Gasteiger partial charge in [-0.2, -0.15) is 4.68 Å². The summed E-state index contributed by atoms with van der Waals surface area (Å²) in [5, 5.41) is 15.0. The van der Waals surface area contributed by atoms with Crippen molar-refractivity contribution < 1.29 is 14.3 Å². The lowest BCUT2D eigenvalue weighted by molar-refractivity contribution is 0.102. The van der Waals surface area contributed by atoms with Crippen LogP contribution in [0.25, 0.3) is 0 Å². The quantitative estimate of drug-likeness (QED) is 0.684. The van der Waals surface area contributed by atoms with E-state index < -0.39 is 6.04 Å². The monoisotopic (exact) mass is 377 g/mol. The number of ketones is 1. The molecule has 2 aromatic carbocycles. The standard InChI is InChI=1S/C20H19N5O3/c1-12-17(19(26)13-7-5-4-6-8-13)18(25-20(21-12)22-23-24-25)15-11-14(27-2)9-10-16(15)28-3/h4-11,18H,1-3H3,(H,21,22,24). The Morgan fingerprint density at radius 2 is 1.89 bits per heavy atom. The van der Waals surface area contributed by atoms with Gasteiger partial charge in [0.25, 0.3) is 0 Å². The molecule has 1 aliphatic heterocycles. The van der Waals surface area contributed by atoms with Crippen LogP contribution in [0.1, 0.15) is 28.9 Å². The highest BCUT2D eigenvalue weighted by atomic mass is 16.5. The summed E-state index contributed by atoms with van der Waals surface area (Å²) >= 11 is 0. The minimum atomic E-state index is -0.566. The smallest absolute Gasteiger partial charge is 0.248 e. The number of anilines is 1. The summed E-state index contributed by atoms with van der Waals surface area (Å²) in [6.07, 6.45) is 0. The van der Waals surface area contributed by atoms with Crippen LogP contribution in [0, 0.1) is 0 Å². The molecule has 1 aliphatic rings. The van der Waals surface area contributed by atoms with Crippen molar-refractivity contribution in [3.8, 4) is 11.5 Å². The summed E-state index contributed by atoms with van der Waals surface area (Å²) in [6, 6.07) is 14.0. The molecule has 0 aliphatic carbocycles. The first kappa shape index (κ1) is 17.7. The van der Waals surface area contributed by atoms with E-state index in [9.17, 15) is 4.79 Å². The van der Waals surface area contributed by atoms with Gasteiger partial charge in [0.05, 0.1) is 14.2 Å². The number of nitrogens with zero attached hydrogens (tertiary/aromatic N) is 4. The Balaban J connectivity index is 1.93. The first-order valence-corrected chi connectivity index (χ1v) is 8.71. The van der Waals surface area contributed by atoms with Crippen LogP contribution >= 0.6 is 0 Å². The van der Waals surface area contributed by atoms with Crippen LogP contribution < -0.4 is 14.8 Å². The van der Waals surface area contributed by atoms with Gasteiger partial charge in [0.2, 0.25) is 5.95 Å². The number of carbonyl (C=O) groups is 1. The van der Waals surface area contributed by atoms with E-state index in [-0.39, 0.29) is 5.78 Å². The zero-order chi connectivity index (χ0) is 19.7. The number of Topliss-reactive ketones (excluding diaryl/α,β-unsaturated/α-hetero) is 1. The lowest BCUT2D eigenvalue weighted by Gasteiger charge is -2.29. The van der Waals surface area contributed by atoms with Gasteiger partial charge in [-0.3, -0.25) is 4.79 Å². The summed E-state index contributed by atoms with van der Waals surface area (Å²) in [6.45, 7) is 1.84. The number of carbonyl (C=O) groups excluding carboxylic acids is 1. The van der Waals surface area contributed by atoms with E-state index in [1.807, 2.05) is 31.2 Å². The van der Waals surface area contributed by atoms with Crippen molar-refractivity contribution in [3.63, 3.8) is 0 Å². The van der Waals surface area contributed by atoms with Gasteiger partial charge in [-0.1, -0.05) is 35.4 Å². The fourth-order valence-corrected chi connectivity index (χ4v) is 3.39. The highest BCUT2D eigenvalue weighted by molar-refractivity contribution is 6.10. The first-order chi connectivity index (χ1) is 13.6. The maximum atomic E-state index is 13.4. The number of hydrogen-bond donors (Lipinski definition) is 1. The molecule has 0 spiro atoms. The second kappa shape index (κ2) is 7.15. The number of benzene rings is 2. The highest BCUT2D eigenvalue weighted by Gasteiger charge is 2.36. The molecule has 8 heteroatoms. The second-order valence-corrected chi connectivity index (χ2v) is 6.32. The molecule has 1 aromatic heterocycles. The van der Waals surface area contributed by atoms with Crippen LogP contribution in [-0.4, -0.2) is 40.2 Å². The molecular formula is C20H19N5O3. The van der Waals surface area contributed by atoms with E-state index in [2.05, 4.69) is 20.8 Å². The van der Waals surface area contributed by atoms with Gasteiger partial charge in [0.15, 0.2) is 5.78 Å². The molecule has 3 aromatic rings. The minimum absolute atomic E-state index is 0.110. The Kier molecular flexibility index (Phi) is 4.52. The Morgan fingerprint density at radius 3 is 2.61 bits per heavy atom. The van der Waals surface area contributed by atoms with E-state index in [1.165, 1.54) is 0 Å². The largest absolute Gasteiger partial charge is 0.497 e. The predicted molar refractivity (Wildman–Crippen MR) is 103 cm³/mol. The summed E-state index contributed by atoms with van der Waals surface area (Å²) in [7, 11) is 3.18. The molecule has 0 fully saturated rings. The van der Waals surface area contributed by atoms with E-state index in [1.54, 1.807) is 43.2 Å². The molecule has 0 amide bonds. The van der Waals surface area contributed by atoms with Crippen molar-refractivity contribution in [2.75, 3.05) is 19.5 Å². The zero-order valence-electron chi connectivity index (χ0n) is 15.7. The molecule has 8 nitrogen and oxygen atoms in total. The summed E-state index contributed by atoms with van der Waals surface area (Å²) < 4.78 is 12.5. The van der Waals surface area contributed by atoms with Crippen molar-refractivity contribution >= 4 is 11.7 Å². The molecule has 28 heavy (non-hydrogen) atoms. The average molecular weight is 377 g/mol. The molecule has 1 atom stereocenters. The Labute approximate surface area is 161 Å². The number of tetrazole rings is 1. The Bertz CT molecular complexity index is 1060. The second-order valence-electron chi connectivity index (χ2n) is 6.32. The van der Waals surface area contributed by atoms with Gasteiger partial charge in [-0.25, -0.2) is 0 Å². The lowest BCUT2D eigenvalue weighted by Crippen LogP contribution is -2.29. The van der Waals surface area contributed by atoms with Crippen molar-refractivity contribution in [1.82, 2.24) is 20.2 Å². The van der Waals surface area contributed by atoms with Crippen molar-refractivity contribution in [2.45, 2.75) is 13.0 Å². The SMILES string of the molecule is COc1ccc(OC)c(C2C(C(=O)c3ccccc3)=C(C)Nc3nnnn32)c1. The number of methoxy groups -OCH3 is 2. The van der Waals surface area contributed by atoms with E-state index in [4.69, 9.17) is 9.47 Å². The predicted octanol–water partition coefficient (Wildman–Crippen LogP) is 2.86. The third-order valence-corrected chi connectivity index (χ3v) is 4.73. The van der Waals surface area contributed by atoms with Crippen LogP contribution in [0.3, 0.4) is 0 Å². The van der Waals surface area contributed by atoms with Gasteiger partial charge in [0.1, 0.15) is 17.5 Å². The molecule has 0 radical (unpaired) electrons. The van der Waals surface area contributed by atoms with E-state index in [0.717, 1.165) is 5.56 Å². The molecule has 1 N–H and O–H groups in total. The van der Waals surface area contributed by atoms with E-state index in [0.29, 0.717) is 34.3 Å². The number of allylic oxidation sites excluding steroid dienone is 2. The molecular weight excluding hydrogens is 358 g/mol. The highest BCUT2D eigenvalue weighted by Crippen LogP contribution is 2.41. The number of hydrogen-bond acceptors (Lipinski definition) is 7. The summed E-state index contributed by atoms with van der Waals surface area (Å²) in [5.74, 6) is 1.60. The maximum absolute atomic E-state index is 13.4. The molecule has 2 heterocycles. The normalized spacial score (nSPS) is 15.6. The molecule has 0 bridgehead atoms. The van der Waals surface area contributed by atoms with Crippen molar-refractivity contribution in [2.24, 2.45) is 0 Å². The topological polar surface area (TPSA) is 91.2 Å². The van der Waals surface area contributed by atoms with Crippen LogP contribution in [-0.2, 0) is 0 Å². The fourth-order valence-electron chi connectivity index (χ4n) is 3.39. The van der Waals surface area contributed by atoms with Gasteiger partial charge in [-0.15, -0.1) is 0 Å². The van der Waals surface area contributed by atoms with Gasteiger partial charge < -0.3 is 14.8 Å². The number of nitrogens with one attached hydrogen (secondary N) is 1. The van der Waals surface area contributed by atoms with Crippen molar-refractivity contribution in [3.05, 3.63) is 70.9 Å². The molecule has 1 unspecified atom stereocenters. The third kappa shape index (κ3) is 2.88. The van der Waals surface area contributed by atoms with Gasteiger partial charge in [0, 0.05) is 22.4 Å². The van der Waals surface area contributed by atoms with E-state index >= 15 is 0 Å². The summed E-state index contributed by atoms with van der Waals surface area (Å²) in [4.78, 5) is 13.4. The van der Waals surface area contributed by atoms with Crippen LogP contribution in [0.5, 0.6) is 11.5 Å². The van der Waals surface area contributed by atoms with Crippen LogP contribution in [0.4, 0.5) is 5.95 Å². The Hall–Kier alpha value is -3.68. The fraction of sp³-hybridized carbons (Fsp3) is 0.200. The zero-order valence-corrected chi connectivity index (χ0v) is 15.7. The average Bonchev–Trinajstić information content (AvgIpc) is 3.20. The lowest BCUT2D eigenvalue weighted by atomic mass is 9.89. The van der Waals surface area contributed by atoms with Crippen LogP contribution in [0.15, 0.2) is 59.8 Å². The number of ether oxygens (including phenoxy) is 2. The number of aromatic nitrogens is 4. The van der Waals surface area contributed by atoms with Crippen LogP contribution in [0.2, 0.25) is 0 Å². The molecule has 142 valence electrons.